The standard InChI is InChI=1S/C14H20N6O/c1-3-11(2)13(20-10-17-18-19-20)14(21)16-9-7-12-6-4-5-8-15-12/h4-6,8,10-11,13H,3,7,9H2,1-2H3,(H,16,21). The maximum absolute atomic E-state index is 12.4. The third-order valence-electron chi connectivity index (χ3n) is 3.51. The van der Waals surface area contributed by atoms with Crippen molar-refractivity contribution in [3.63, 3.8) is 0 Å². The summed E-state index contributed by atoms with van der Waals surface area (Å²) in [6.45, 7) is 4.61. The molecule has 2 aromatic rings. The van der Waals surface area contributed by atoms with Gasteiger partial charge in [-0.2, -0.15) is 0 Å². The number of hydrogen-bond acceptors (Lipinski definition) is 5. The molecule has 0 bridgehead atoms. The van der Waals surface area contributed by atoms with Crippen molar-refractivity contribution in [1.29, 1.82) is 0 Å². The Balaban J connectivity index is 1.93. The Kier molecular flexibility index (Phi) is 5.36. The van der Waals surface area contributed by atoms with Crippen molar-refractivity contribution in [2.45, 2.75) is 32.7 Å². The average molecular weight is 288 g/mol. The van der Waals surface area contributed by atoms with Crippen LogP contribution in [-0.4, -0.2) is 37.6 Å². The van der Waals surface area contributed by atoms with Crippen LogP contribution in [0.15, 0.2) is 30.7 Å². The fraction of sp³-hybridized carbons (Fsp3) is 0.500. The van der Waals surface area contributed by atoms with Crippen molar-refractivity contribution in [1.82, 2.24) is 30.5 Å². The Morgan fingerprint density at radius 1 is 1.43 bits per heavy atom. The lowest BCUT2D eigenvalue weighted by Crippen LogP contribution is -2.37. The van der Waals surface area contributed by atoms with Crippen molar-refractivity contribution >= 4 is 5.91 Å². The molecule has 0 aliphatic carbocycles. The topological polar surface area (TPSA) is 85.6 Å². The van der Waals surface area contributed by atoms with Gasteiger partial charge in [-0.3, -0.25) is 9.78 Å². The molecule has 2 rings (SSSR count). The van der Waals surface area contributed by atoms with Crippen molar-refractivity contribution in [2.24, 2.45) is 5.92 Å². The minimum atomic E-state index is -0.381. The summed E-state index contributed by atoms with van der Waals surface area (Å²) in [7, 11) is 0. The molecule has 21 heavy (non-hydrogen) atoms. The Morgan fingerprint density at radius 2 is 2.29 bits per heavy atom. The van der Waals surface area contributed by atoms with Gasteiger partial charge in [-0.05, 0) is 28.5 Å². The van der Waals surface area contributed by atoms with Crippen LogP contribution in [0.4, 0.5) is 0 Å². The predicted molar refractivity (Wildman–Crippen MR) is 77.3 cm³/mol. The molecule has 2 atom stereocenters. The van der Waals surface area contributed by atoms with Crippen molar-refractivity contribution in [3.8, 4) is 0 Å². The molecule has 7 heteroatoms. The lowest BCUT2D eigenvalue weighted by Gasteiger charge is -2.21. The van der Waals surface area contributed by atoms with Crippen LogP contribution in [0, 0.1) is 5.92 Å². The summed E-state index contributed by atoms with van der Waals surface area (Å²) < 4.78 is 1.52. The van der Waals surface area contributed by atoms with Crippen LogP contribution in [0.1, 0.15) is 32.0 Å². The summed E-state index contributed by atoms with van der Waals surface area (Å²) in [5.74, 6) is 0.0935. The number of nitrogens with zero attached hydrogens (tertiary/aromatic N) is 5. The molecule has 0 aliphatic rings. The van der Waals surface area contributed by atoms with Crippen LogP contribution in [0.3, 0.4) is 0 Å². The highest BCUT2D eigenvalue weighted by molar-refractivity contribution is 5.80. The Morgan fingerprint density at radius 3 is 2.90 bits per heavy atom. The number of carbonyl (C=O) groups excluding carboxylic acids is 1. The highest BCUT2D eigenvalue weighted by Gasteiger charge is 2.26. The normalized spacial score (nSPS) is 13.6. The summed E-state index contributed by atoms with van der Waals surface area (Å²) in [6, 6.07) is 5.37. The molecule has 0 spiro atoms. The molecule has 7 nitrogen and oxygen atoms in total. The number of tetrazole rings is 1. The van der Waals surface area contributed by atoms with Crippen LogP contribution in [0.5, 0.6) is 0 Å². The first-order chi connectivity index (χ1) is 10.2. The second kappa shape index (κ2) is 7.47. The molecule has 0 aromatic carbocycles. The van der Waals surface area contributed by atoms with Crippen molar-refractivity contribution in [2.75, 3.05) is 6.54 Å². The fourth-order valence-electron chi connectivity index (χ4n) is 2.12. The summed E-state index contributed by atoms with van der Waals surface area (Å²) in [4.78, 5) is 16.6. The second-order valence-electron chi connectivity index (χ2n) is 4.98. The van der Waals surface area contributed by atoms with E-state index >= 15 is 0 Å². The highest BCUT2D eigenvalue weighted by atomic mass is 16.2. The van der Waals surface area contributed by atoms with Gasteiger partial charge >= 0.3 is 0 Å². The number of nitrogens with one attached hydrogen (secondary N) is 1. The zero-order chi connectivity index (χ0) is 15.1. The maximum Gasteiger partial charge on any atom is 0.245 e. The molecule has 2 aromatic heterocycles. The highest BCUT2D eigenvalue weighted by Crippen LogP contribution is 2.19. The van der Waals surface area contributed by atoms with E-state index in [4.69, 9.17) is 0 Å². The fourth-order valence-corrected chi connectivity index (χ4v) is 2.12. The quantitative estimate of drug-likeness (QED) is 0.822. The largest absolute Gasteiger partial charge is 0.354 e. The van der Waals surface area contributed by atoms with E-state index in [0.29, 0.717) is 13.0 Å². The zero-order valence-electron chi connectivity index (χ0n) is 12.3. The van der Waals surface area contributed by atoms with Gasteiger partial charge in [0.1, 0.15) is 12.4 Å². The van der Waals surface area contributed by atoms with Gasteiger partial charge in [0.15, 0.2) is 0 Å². The van der Waals surface area contributed by atoms with Crippen LogP contribution in [0.2, 0.25) is 0 Å². The van der Waals surface area contributed by atoms with Gasteiger partial charge < -0.3 is 5.32 Å². The summed E-state index contributed by atoms with van der Waals surface area (Å²) in [5, 5.41) is 14.0. The molecule has 2 unspecified atom stereocenters. The second-order valence-corrected chi connectivity index (χ2v) is 4.98. The SMILES string of the molecule is CCC(C)C(C(=O)NCCc1ccccn1)n1cnnn1. The lowest BCUT2D eigenvalue weighted by atomic mass is 9.98. The first kappa shape index (κ1) is 15.1. The van der Waals surface area contributed by atoms with Gasteiger partial charge in [0.05, 0.1) is 0 Å². The number of hydrogen-bond donors (Lipinski definition) is 1. The van der Waals surface area contributed by atoms with Gasteiger partial charge in [-0.15, -0.1) is 5.10 Å². The van der Waals surface area contributed by atoms with E-state index < -0.39 is 0 Å². The van der Waals surface area contributed by atoms with Crippen molar-refractivity contribution in [3.05, 3.63) is 36.4 Å². The molecule has 1 N–H and O–H groups in total. The van der Waals surface area contributed by atoms with E-state index in [-0.39, 0.29) is 17.9 Å². The van der Waals surface area contributed by atoms with Crippen LogP contribution < -0.4 is 5.32 Å². The summed E-state index contributed by atoms with van der Waals surface area (Å²) in [5.41, 5.74) is 0.959. The third-order valence-corrected chi connectivity index (χ3v) is 3.51. The van der Waals surface area contributed by atoms with Gasteiger partial charge in [-0.1, -0.05) is 26.3 Å². The molecular formula is C14H20N6O. The predicted octanol–water partition coefficient (Wildman–Crippen LogP) is 1.01. The maximum atomic E-state index is 12.4. The molecule has 0 saturated carbocycles. The van der Waals surface area contributed by atoms with Crippen LogP contribution in [-0.2, 0) is 11.2 Å². The number of amides is 1. The minimum Gasteiger partial charge on any atom is -0.354 e. The van der Waals surface area contributed by atoms with E-state index in [9.17, 15) is 4.79 Å². The van der Waals surface area contributed by atoms with Gasteiger partial charge in [0, 0.05) is 24.9 Å². The first-order valence-electron chi connectivity index (χ1n) is 7.12. The van der Waals surface area contributed by atoms with E-state index in [0.717, 1.165) is 12.1 Å². The molecule has 0 saturated heterocycles. The monoisotopic (exact) mass is 288 g/mol. The molecule has 2 heterocycles. The average Bonchev–Trinajstić information content (AvgIpc) is 3.02. The van der Waals surface area contributed by atoms with E-state index in [1.165, 1.54) is 11.0 Å². The first-order valence-corrected chi connectivity index (χ1v) is 7.12. The van der Waals surface area contributed by atoms with Gasteiger partial charge in [0.2, 0.25) is 5.91 Å². The Bertz CT molecular complexity index is 542. The van der Waals surface area contributed by atoms with E-state index in [1.807, 2.05) is 32.0 Å². The van der Waals surface area contributed by atoms with Crippen LogP contribution >= 0.6 is 0 Å². The van der Waals surface area contributed by atoms with Crippen molar-refractivity contribution < 1.29 is 4.79 Å². The molecular weight excluding hydrogens is 268 g/mol. The number of pyridine rings is 1. The Labute approximate surface area is 123 Å². The minimum absolute atomic E-state index is 0.0624. The summed E-state index contributed by atoms with van der Waals surface area (Å²) in [6.07, 6.45) is 4.81. The molecule has 0 fully saturated rings. The van der Waals surface area contributed by atoms with Gasteiger partial charge in [-0.25, -0.2) is 4.68 Å². The molecule has 0 radical (unpaired) electrons. The third kappa shape index (κ3) is 4.08. The number of carbonyl (C=O) groups is 1. The smallest absolute Gasteiger partial charge is 0.245 e. The summed E-state index contributed by atoms with van der Waals surface area (Å²) >= 11 is 0. The van der Waals surface area contributed by atoms with E-state index in [2.05, 4.69) is 25.8 Å². The van der Waals surface area contributed by atoms with Crippen LogP contribution in [0.25, 0.3) is 0 Å². The lowest BCUT2D eigenvalue weighted by molar-refractivity contribution is -0.126. The molecule has 1 amide bonds. The zero-order valence-corrected chi connectivity index (χ0v) is 12.3. The number of aromatic nitrogens is 5. The molecule has 112 valence electrons. The Hall–Kier alpha value is -2.31. The van der Waals surface area contributed by atoms with Gasteiger partial charge in [0.25, 0.3) is 0 Å². The number of rotatable bonds is 7. The van der Waals surface area contributed by atoms with E-state index in [1.54, 1.807) is 6.20 Å². The molecule has 0 aliphatic heterocycles.